The summed E-state index contributed by atoms with van der Waals surface area (Å²) in [7, 11) is 0. The Morgan fingerprint density at radius 2 is 2.10 bits per heavy atom. The van der Waals surface area contributed by atoms with Crippen LogP contribution in [0.4, 0.5) is 13.2 Å². The highest BCUT2D eigenvalue weighted by Crippen LogP contribution is 2.26. The molecule has 0 unspecified atom stereocenters. The minimum Gasteiger partial charge on any atom is -0.457 e. The summed E-state index contributed by atoms with van der Waals surface area (Å²) in [5.74, 6) is -3.91. The first-order valence-electron chi connectivity index (χ1n) is 5.87. The number of aromatic nitrogens is 1. The highest BCUT2D eigenvalue weighted by Gasteiger charge is 2.17. The van der Waals surface area contributed by atoms with E-state index in [1.165, 1.54) is 36.5 Å². The Kier molecular flexibility index (Phi) is 5.21. The molecule has 1 heterocycles. The Labute approximate surface area is 123 Å². The average molecular weight is 313 g/mol. The number of esters is 1. The predicted molar refractivity (Wildman–Crippen MR) is 71.6 cm³/mol. The molecule has 0 aliphatic heterocycles. The Morgan fingerprint density at radius 3 is 2.81 bits per heavy atom. The number of carbonyl (C=O) groups is 1. The molecule has 1 aromatic carbocycles. The van der Waals surface area contributed by atoms with Crippen molar-refractivity contribution in [2.75, 3.05) is 0 Å². The van der Waals surface area contributed by atoms with Crippen LogP contribution in [0.3, 0.4) is 0 Å². The van der Waals surface area contributed by atoms with E-state index in [0.29, 0.717) is 5.56 Å². The summed E-state index contributed by atoms with van der Waals surface area (Å²) in [5.41, 5.74) is 0.425. The Hall–Kier alpha value is -2.02. The first-order chi connectivity index (χ1) is 10.1. The number of thioether (sulfide) groups is 1. The Bertz CT molecular complexity index is 637. The van der Waals surface area contributed by atoms with Crippen molar-refractivity contribution in [1.29, 1.82) is 0 Å². The molecule has 0 aliphatic carbocycles. The molecule has 0 atom stereocenters. The van der Waals surface area contributed by atoms with Gasteiger partial charge in [-0.15, -0.1) is 0 Å². The summed E-state index contributed by atoms with van der Waals surface area (Å²) in [5, 5.41) is -0.100. The first kappa shape index (κ1) is 15.4. The molecule has 2 aromatic rings. The number of alkyl halides is 2. The van der Waals surface area contributed by atoms with Gasteiger partial charge in [-0.1, -0.05) is 12.1 Å². The highest BCUT2D eigenvalue weighted by molar-refractivity contribution is 7.99. The fourth-order valence-corrected chi connectivity index (χ4v) is 2.15. The second kappa shape index (κ2) is 7.12. The zero-order chi connectivity index (χ0) is 15.2. The van der Waals surface area contributed by atoms with Gasteiger partial charge in [0.2, 0.25) is 0 Å². The summed E-state index contributed by atoms with van der Waals surface area (Å²) in [6.07, 6.45) is 1.31. The lowest BCUT2D eigenvalue weighted by Crippen LogP contribution is -2.08. The van der Waals surface area contributed by atoms with Crippen molar-refractivity contribution in [3.8, 4) is 0 Å². The van der Waals surface area contributed by atoms with Gasteiger partial charge in [0.25, 0.3) is 5.76 Å². The van der Waals surface area contributed by atoms with E-state index >= 15 is 0 Å². The monoisotopic (exact) mass is 313 g/mol. The van der Waals surface area contributed by atoms with E-state index in [2.05, 4.69) is 4.98 Å². The van der Waals surface area contributed by atoms with Crippen molar-refractivity contribution >= 4 is 17.7 Å². The van der Waals surface area contributed by atoms with Crippen molar-refractivity contribution in [2.45, 2.75) is 17.4 Å². The lowest BCUT2D eigenvalue weighted by Gasteiger charge is -2.08. The van der Waals surface area contributed by atoms with E-state index in [0.717, 1.165) is 0 Å². The molecule has 0 bridgehead atoms. The van der Waals surface area contributed by atoms with Gasteiger partial charge < -0.3 is 4.74 Å². The van der Waals surface area contributed by atoms with Crippen LogP contribution in [0.15, 0.2) is 47.6 Å². The number of benzene rings is 1. The number of rotatable bonds is 5. The number of carbonyl (C=O) groups excluding carboxylic acids is 1. The maximum Gasteiger partial charge on any atom is 0.341 e. The fourth-order valence-electron chi connectivity index (χ4n) is 1.58. The van der Waals surface area contributed by atoms with Gasteiger partial charge in [0.1, 0.15) is 17.5 Å². The molecule has 7 heteroatoms. The van der Waals surface area contributed by atoms with Crippen LogP contribution in [-0.4, -0.2) is 16.7 Å². The molecule has 0 saturated carbocycles. The lowest BCUT2D eigenvalue weighted by molar-refractivity contribution is 0.0467. The third-order valence-corrected chi connectivity index (χ3v) is 3.18. The summed E-state index contributed by atoms with van der Waals surface area (Å²) in [4.78, 5) is 15.6. The van der Waals surface area contributed by atoms with Crippen molar-refractivity contribution in [3.63, 3.8) is 0 Å². The molecule has 0 spiro atoms. The lowest BCUT2D eigenvalue weighted by atomic mass is 10.2. The third-order valence-electron chi connectivity index (χ3n) is 2.45. The molecular weight excluding hydrogens is 303 g/mol. The normalized spacial score (nSPS) is 10.7. The number of hydrogen-bond acceptors (Lipinski definition) is 4. The largest absolute Gasteiger partial charge is 0.457 e. The number of hydrogen-bond donors (Lipinski definition) is 0. The molecule has 2 rings (SSSR count). The average Bonchev–Trinajstić information content (AvgIpc) is 2.45. The third kappa shape index (κ3) is 4.49. The smallest absolute Gasteiger partial charge is 0.341 e. The molecule has 3 nitrogen and oxygen atoms in total. The maximum absolute atomic E-state index is 13.0. The van der Waals surface area contributed by atoms with E-state index in [9.17, 15) is 18.0 Å². The van der Waals surface area contributed by atoms with E-state index < -0.39 is 17.5 Å². The zero-order valence-electron chi connectivity index (χ0n) is 10.6. The van der Waals surface area contributed by atoms with Gasteiger partial charge in [-0.25, -0.2) is 14.2 Å². The molecule has 0 radical (unpaired) electrons. The SMILES string of the molecule is O=C(OCc1cccc(F)c1)c1cccnc1SC(F)F. The fraction of sp³-hybridized carbons (Fsp3) is 0.143. The summed E-state index contributed by atoms with van der Waals surface area (Å²) < 4.78 is 42.7. The summed E-state index contributed by atoms with van der Waals surface area (Å²) >= 11 is 0.172. The Morgan fingerprint density at radius 1 is 1.29 bits per heavy atom. The summed E-state index contributed by atoms with van der Waals surface area (Å²) in [6, 6.07) is 8.38. The second-order valence-corrected chi connectivity index (χ2v) is 4.92. The van der Waals surface area contributed by atoms with Crippen molar-refractivity contribution < 1.29 is 22.7 Å². The van der Waals surface area contributed by atoms with E-state index in [4.69, 9.17) is 4.74 Å². The van der Waals surface area contributed by atoms with Crippen LogP contribution in [-0.2, 0) is 11.3 Å². The molecule has 0 aliphatic rings. The molecule has 0 amide bonds. The molecular formula is C14H10F3NO2S. The van der Waals surface area contributed by atoms with Crippen molar-refractivity contribution in [3.05, 3.63) is 59.5 Å². The number of halogens is 3. The van der Waals surface area contributed by atoms with Crippen LogP contribution in [0, 0.1) is 5.82 Å². The molecule has 0 fully saturated rings. The van der Waals surface area contributed by atoms with Crippen LogP contribution < -0.4 is 0 Å². The highest BCUT2D eigenvalue weighted by atomic mass is 32.2. The van der Waals surface area contributed by atoms with Crippen LogP contribution in [0.2, 0.25) is 0 Å². The number of nitrogens with zero attached hydrogens (tertiary/aromatic N) is 1. The van der Waals surface area contributed by atoms with Crippen molar-refractivity contribution in [1.82, 2.24) is 4.98 Å². The maximum atomic E-state index is 13.0. The zero-order valence-corrected chi connectivity index (χ0v) is 11.4. The predicted octanol–water partition coefficient (Wildman–Crippen LogP) is 3.89. The first-order valence-corrected chi connectivity index (χ1v) is 6.75. The van der Waals surface area contributed by atoms with E-state index in [-0.39, 0.29) is 29.0 Å². The molecule has 110 valence electrons. The van der Waals surface area contributed by atoms with Crippen LogP contribution in [0.5, 0.6) is 0 Å². The van der Waals surface area contributed by atoms with Crippen LogP contribution in [0.25, 0.3) is 0 Å². The standard InChI is InChI=1S/C14H10F3NO2S/c15-10-4-1-3-9(7-10)8-20-13(19)11-5-2-6-18-12(11)21-14(16)17/h1-7,14H,8H2. The number of pyridine rings is 1. The second-order valence-electron chi connectivity index (χ2n) is 3.94. The van der Waals surface area contributed by atoms with Gasteiger partial charge in [0.15, 0.2) is 0 Å². The quantitative estimate of drug-likeness (QED) is 0.620. The van der Waals surface area contributed by atoms with E-state index in [1.54, 1.807) is 6.07 Å². The van der Waals surface area contributed by atoms with Crippen molar-refractivity contribution in [2.24, 2.45) is 0 Å². The van der Waals surface area contributed by atoms with Gasteiger partial charge in [-0.3, -0.25) is 0 Å². The molecule has 1 aromatic heterocycles. The molecule has 0 saturated heterocycles. The topological polar surface area (TPSA) is 39.2 Å². The Balaban J connectivity index is 2.07. The van der Waals surface area contributed by atoms with Gasteiger partial charge in [0, 0.05) is 6.20 Å². The number of ether oxygens (including phenoxy) is 1. The van der Waals surface area contributed by atoms with Gasteiger partial charge in [-0.05, 0) is 41.6 Å². The molecule has 21 heavy (non-hydrogen) atoms. The van der Waals surface area contributed by atoms with Gasteiger partial charge in [0.05, 0.1) is 5.56 Å². The van der Waals surface area contributed by atoms with Crippen LogP contribution in [0.1, 0.15) is 15.9 Å². The van der Waals surface area contributed by atoms with Crippen LogP contribution >= 0.6 is 11.8 Å². The minimum atomic E-state index is -2.69. The summed E-state index contributed by atoms with van der Waals surface area (Å²) in [6.45, 7) is -0.149. The molecule has 0 N–H and O–H groups in total. The van der Waals surface area contributed by atoms with E-state index in [1.807, 2.05) is 0 Å². The van der Waals surface area contributed by atoms with Gasteiger partial charge in [-0.2, -0.15) is 8.78 Å². The minimum absolute atomic E-state index is 0.0424. The van der Waals surface area contributed by atoms with Gasteiger partial charge >= 0.3 is 5.97 Å².